The number of nitrogens with one attached hydrogen (secondary N) is 1. The molecule has 29 heavy (non-hydrogen) atoms. The van der Waals surface area contributed by atoms with Crippen molar-refractivity contribution in [1.29, 1.82) is 0 Å². The van der Waals surface area contributed by atoms with Crippen LogP contribution in [-0.2, 0) is 9.53 Å². The Labute approximate surface area is 169 Å². The van der Waals surface area contributed by atoms with E-state index in [9.17, 15) is 4.79 Å². The maximum absolute atomic E-state index is 12.0. The average molecular weight is 393 g/mol. The van der Waals surface area contributed by atoms with E-state index in [-0.39, 0.29) is 18.6 Å². The van der Waals surface area contributed by atoms with Gasteiger partial charge in [-0.25, -0.2) is 0 Å². The van der Waals surface area contributed by atoms with E-state index >= 15 is 0 Å². The number of benzene rings is 2. The number of aromatic nitrogens is 2. The minimum atomic E-state index is -0.160. The first-order chi connectivity index (χ1) is 14.3. The number of nitrogens with zero attached hydrogens (tertiary/aromatic N) is 2. The lowest BCUT2D eigenvalue weighted by atomic mass is 10.1. The molecule has 0 bridgehead atoms. The molecular formula is C22H23N3O4. The standard InChI is InChI=1S/C22H23N3O4/c26-20(23-14-19-8-4-5-13-27-19)15-28-18-11-9-17(10-12-18)22-25-24-21(29-22)16-6-2-1-3-7-16/h1-3,6-7,9-12,19H,4-5,8,13-15H2,(H,23,26). The van der Waals surface area contributed by atoms with Crippen LogP contribution in [0.5, 0.6) is 5.75 Å². The molecule has 1 aliphatic heterocycles. The van der Waals surface area contributed by atoms with E-state index in [0.717, 1.165) is 37.0 Å². The highest BCUT2D eigenvalue weighted by molar-refractivity contribution is 5.77. The number of hydrogen-bond acceptors (Lipinski definition) is 6. The van der Waals surface area contributed by atoms with Gasteiger partial charge in [0.05, 0.1) is 6.10 Å². The molecule has 7 nitrogen and oxygen atoms in total. The Morgan fingerprint density at radius 1 is 1.00 bits per heavy atom. The Hall–Kier alpha value is -3.19. The van der Waals surface area contributed by atoms with Crippen molar-refractivity contribution in [3.05, 3.63) is 54.6 Å². The maximum Gasteiger partial charge on any atom is 0.258 e. The maximum atomic E-state index is 12.0. The molecule has 0 saturated carbocycles. The Bertz CT molecular complexity index is 919. The molecule has 3 aromatic rings. The molecule has 2 heterocycles. The summed E-state index contributed by atoms with van der Waals surface area (Å²) in [5, 5.41) is 11.1. The zero-order valence-electron chi connectivity index (χ0n) is 16.0. The Morgan fingerprint density at radius 3 is 2.41 bits per heavy atom. The molecule has 2 aromatic carbocycles. The number of carbonyl (C=O) groups excluding carboxylic acids is 1. The Balaban J connectivity index is 1.28. The lowest BCUT2D eigenvalue weighted by Gasteiger charge is -2.22. The van der Waals surface area contributed by atoms with Crippen molar-refractivity contribution >= 4 is 5.91 Å². The van der Waals surface area contributed by atoms with Crippen LogP contribution in [0.25, 0.3) is 22.9 Å². The molecule has 1 aliphatic rings. The largest absolute Gasteiger partial charge is 0.484 e. The Kier molecular flexibility index (Phi) is 6.16. The van der Waals surface area contributed by atoms with Crippen LogP contribution in [0.3, 0.4) is 0 Å². The summed E-state index contributed by atoms with van der Waals surface area (Å²) in [5.41, 5.74) is 1.65. The number of hydrogen-bond donors (Lipinski definition) is 1. The van der Waals surface area contributed by atoms with E-state index in [1.807, 2.05) is 42.5 Å². The number of ether oxygens (including phenoxy) is 2. The Morgan fingerprint density at radius 2 is 1.72 bits per heavy atom. The minimum absolute atomic E-state index is 0.0369. The zero-order chi connectivity index (χ0) is 19.9. The average Bonchev–Trinajstić information content (AvgIpc) is 3.28. The molecule has 7 heteroatoms. The van der Waals surface area contributed by atoms with Crippen LogP contribution in [0.4, 0.5) is 0 Å². The van der Waals surface area contributed by atoms with Crippen LogP contribution in [0.2, 0.25) is 0 Å². The van der Waals surface area contributed by atoms with Gasteiger partial charge in [0.2, 0.25) is 11.8 Å². The molecule has 1 amide bonds. The molecule has 1 atom stereocenters. The molecule has 4 rings (SSSR count). The van der Waals surface area contributed by atoms with Crippen molar-refractivity contribution < 1.29 is 18.7 Å². The summed E-state index contributed by atoms with van der Waals surface area (Å²) in [4.78, 5) is 12.0. The van der Waals surface area contributed by atoms with Crippen molar-refractivity contribution in [2.75, 3.05) is 19.8 Å². The summed E-state index contributed by atoms with van der Waals surface area (Å²) in [6, 6.07) is 16.8. The van der Waals surface area contributed by atoms with Gasteiger partial charge < -0.3 is 19.2 Å². The second-order valence-electron chi connectivity index (χ2n) is 6.88. The van der Waals surface area contributed by atoms with Crippen molar-refractivity contribution in [1.82, 2.24) is 15.5 Å². The van der Waals surface area contributed by atoms with Crippen molar-refractivity contribution in [2.24, 2.45) is 0 Å². The van der Waals surface area contributed by atoms with Gasteiger partial charge in [-0.3, -0.25) is 4.79 Å². The molecular weight excluding hydrogens is 370 g/mol. The van der Waals surface area contributed by atoms with Gasteiger partial charge in [0.15, 0.2) is 6.61 Å². The predicted octanol–water partition coefficient (Wildman–Crippen LogP) is 3.47. The lowest BCUT2D eigenvalue weighted by molar-refractivity contribution is -0.124. The third-order valence-corrected chi connectivity index (χ3v) is 4.72. The van der Waals surface area contributed by atoms with E-state index in [0.29, 0.717) is 24.1 Å². The molecule has 1 saturated heterocycles. The van der Waals surface area contributed by atoms with Crippen LogP contribution >= 0.6 is 0 Å². The highest BCUT2D eigenvalue weighted by Gasteiger charge is 2.15. The third kappa shape index (κ3) is 5.20. The van der Waals surface area contributed by atoms with E-state index in [1.54, 1.807) is 12.1 Å². The quantitative estimate of drug-likeness (QED) is 0.661. The van der Waals surface area contributed by atoms with Gasteiger partial charge in [0.25, 0.3) is 5.91 Å². The van der Waals surface area contributed by atoms with E-state index in [4.69, 9.17) is 13.9 Å². The first kappa shape index (κ1) is 19.1. The first-order valence-electron chi connectivity index (χ1n) is 9.78. The normalized spacial score (nSPS) is 16.3. The minimum Gasteiger partial charge on any atom is -0.484 e. The number of rotatable bonds is 7. The molecule has 150 valence electrons. The molecule has 1 unspecified atom stereocenters. The molecule has 1 aromatic heterocycles. The predicted molar refractivity (Wildman–Crippen MR) is 107 cm³/mol. The van der Waals surface area contributed by atoms with Crippen molar-refractivity contribution in [3.63, 3.8) is 0 Å². The van der Waals surface area contributed by atoms with Crippen LogP contribution < -0.4 is 10.1 Å². The summed E-state index contributed by atoms with van der Waals surface area (Å²) in [6.07, 6.45) is 3.35. The van der Waals surface area contributed by atoms with Crippen LogP contribution in [0, 0.1) is 0 Å². The third-order valence-electron chi connectivity index (χ3n) is 4.72. The fourth-order valence-electron chi connectivity index (χ4n) is 3.13. The van der Waals surface area contributed by atoms with Gasteiger partial charge in [0.1, 0.15) is 5.75 Å². The summed E-state index contributed by atoms with van der Waals surface area (Å²) >= 11 is 0. The van der Waals surface area contributed by atoms with E-state index in [2.05, 4.69) is 15.5 Å². The SMILES string of the molecule is O=C(COc1ccc(-c2nnc(-c3ccccc3)o2)cc1)NCC1CCCCO1. The zero-order valence-corrected chi connectivity index (χ0v) is 16.0. The van der Waals surface area contributed by atoms with E-state index in [1.165, 1.54) is 0 Å². The molecule has 1 fully saturated rings. The number of carbonyl (C=O) groups is 1. The summed E-state index contributed by atoms with van der Waals surface area (Å²) in [7, 11) is 0. The molecule has 0 spiro atoms. The summed E-state index contributed by atoms with van der Waals surface area (Å²) < 4.78 is 16.9. The van der Waals surface area contributed by atoms with Crippen LogP contribution in [-0.4, -0.2) is 42.0 Å². The topological polar surface area (TPSA) is 86.5 Å². The van der Waals surface area contributed by atoms with Gasteiger partial charge >= 0.3 is 0 Å². The van der Waals surface area contributed by atoms with Crippen LogP contribution in [0.15, 0.2) is 59.0 Å². The smallest absolute Gasteiger partial charge is 0.258 e. The molecule has 0 radical (unpaired) electrons. The highest BCUT2D eigenvalue weighted by atomic mass is 16.5. The molecule has 1 N–H and O–H groups in total. The second-order valence-corrected chi connectivity index (χ2v) is 6.88. The van der Waals surface area contributed by atoms with Crippen molar-refractivity contribution in [3.8, 4) is 28.7 Å². The van der Waals surface area contributed by atoms with E-state index < -0.39 is 0 Å². The lowest BCUT2D eigenvalue weighted by Crippen LogP contribution is -2.37. The fraction of sp³-hybridized carbons (Fsp3) is 0.318. The van der Waals surface area contributed by atoms with Crippen LogP contribution in [0.1, 0.15) is 19.3 Å². The fourth-order valence-corrected chi connectivity index (χ4v) is 3.13. The molecule has 0 aliphatic carbocycles. The van der Waals surface area contributed by atoms with Gasteiger partial charge in [-0.2, -0.15) is 0 Å². The number of amides is 1. The monoisotopic (exact) mass is 393 g/mol. The van der Waals surface area contributed by atoms with Gasteiger partial charge in [-0.1, -0.05) is 18.2 Å². The first-order valence-corrected chi connectivity index (χ1v) is 9.78. The van der Waals surface area contributed by atoms with Crippen molar-refractivity contribution in [2.45, 2.75) is 25.4 Å². The summed E-state index contributed by atoms with van der Waals surface area (Å²) in [6.45, 7) is 1.27. The van der Waals surface area contributed by atoms with Gasteiger partial charge in [0, 0.05) is 24.3 Å². The van der Waals surface area contributed by atoms with Gasteiger partial charge in [-0.15, -0.1) is 10.2 Å². The van der Waals surface area contributed by atoms with Gasteiger partial charge in [-0.05, 0) is 55.7 Å². The summed E-state index contributed by atoms with van der Waals surface area (Å²) in [5.74, 6) is 1.34. The highest BCUT2D eigenvalue weighted by Crippen LogP contribution is 2.25. The second kappa shape index (κ2) is 9.34.